The second-order valence-corrected chi connectivity index (χ2v) is 5.96. The molecular weight excluding hydrogens is 344 g/mol. The van der Waals surface area contributed by atoms with E-state index in [9.17, 15) is 9.59 Å². The SMILES string of the molecule is CCOC(=O)C#Cc1cccc(Cl)c1C1(C(=O)OCC)CCOCC1. The summed E-state index contributed by atoms with van der Waals surface area (Å²) in [6, 6.07) is 5.19. The fourth-order valence-corrected chi connectivity index (χ4v) is 3.30. The zero-order chi connectivity index (χ0) is 18.3. The number of benzene rings is 1. The molecule has 25 heavy (non-hydrogen) atoms. The molecule has 2 rings (SSSR count). The first-order valence-corrected chi connectivity index (χ1v) is 8.65. The molecule has 0 aliphatic carbocycles. The van der Waals surface area contributed by atoms with Crippen LogP contribution in [0.1, 0.15) is 37.8 Å². The van der Waals surface area contributed by atoms with Crippen LogP contribution in [0.25, 0.3) is 0 Å². The summed E-state index contributed by atoms with van der Waals surface area (Å²) in [5.74, 6) is 4.28. The Morgan fingerprint density at radius 1 is 1.20 bits per heavy atom. The van der Waals surface area contributed by atoms with E-state index in [1.165, 1.54) is 0 Å². The fraction of sp³-hybridized carbons (Fsp3) is 0.474. The van der Waals surface area contributed by atoms with Gasteiger partial charge in [-0.05, 0) is 38.8 Å². The van der Waals surface area contributed by atoms with E-state index < -0.39 is 11.4 Å². The summed E-state index contributed by atoms with van der Waals surface area (Å²) >= 11 is 6.44. The summed E-state index contributed by atoms with van der Waals surface area (Å²) in [7, 11) is 0. The molecule has 0 saturated carbocycles. The zero-order valence-corrected chi connectivity index (χ0v) is 15.1. The minimum absolute atomic E-state index is 0.250. The van der Waals surface area contributed by atoms with Crippen LogP contribution >= 0.6 is 11.6 Å². The molecule has 1 aromatic rings. The van der Waals surface area contributed by atoms with Crippen LogP contribution in [0.4, 0.5) is 0 Å². The van der Waals surface area contributed by atoms with E-state index in [0.717, 1.165) is 0 Å². The Hall–Kier alpha value is -2.03. The van der Waals surface area contributed by atoms with Gasteiger partial charge in [0.25, 0.3) is 0 Å². The molecule has 5 nitrogen and oxygen atoms in total. The van der Waals surface area contributed by atoms with Crippen LogP contribution in [-0.4, -0.2) is 38.4 Å². The number of carbonyl (C=O) groups is 2. The molecular formula is C19H21ClO5. The highest BCUT2D eigenvalue weighted by atomic mass is 35.5. The molecule has 0 bridgehead atoms. The van der Waals surface area contributed by atoms with Crippen molar-refractivity contribution in [3.05, 3.63) is 34.3 Å². The topological polar surface area (TPSA) is 61.8 Å². The lowest BCUT2D eigenvalue weighted by Crippen LogP contribution is -2.43. The zero-order valence-electron chi connectivity index (χ0n) is 14.4. The summed E-state index contributed by atoms with van der Waals surface area (Å²) < 4.78 is 15.6. The van der Waals surface area contributed by atoms with Crippen molar-refractivity contribution in [2.75, 3.05) is 26.4 Å². The van der Waals surface area contributed by atoms with Crippen molar-refractivity contribution in [2.45, 2.75) is 32.1 Å². The van der Waals surface area contributed by atoms with E-state index in [1.807, 2.05) is 0 Å². The van der Waals surface area contributed by atoms with E-state index in [-0.39, 0.29) is 19.2 Å². The van der Waals surface area contributed by atoms with Crippen LogP contribution in [-0.2, 0) is 29.2 Å². The predicted octanol–water partition coefficient (Wildman–Crippen LogP) is 2.87. The van der Waals surface area contributed by atoms with Gasteiger partial charge in [-0.3, -0.25) is 4.79 Å². The van der Waals surface area contributed by atoms with Crippen molar-refractivity contribution in [2.24, 2.45) is 0 Å². The Labute approximate surface area is 152 Å². The van der Waals surface area contributed by atoms with Crippen molar-refractivity contribution in [1.82, 2.24) is 0 Å². The van der Waals surface area contributed by atoms with Gasteiger partial charge in [-0.15, -0.1) is 0 Å². The monoisotopic (exact) mass is 364 g/mol. The smallest absolute Gasteiger partial charge is 0.384 e. The average molecular weight is 365 g/mol. The largest absolute Gasteiger partial charge is 0.465 e. The van der Waals surface area contributed by atoms with Gasteiger partial charge < -0.3 is 14.2 Å². The van der Waals surface area contributed by atoms with Gasteiger partial charge in [-0.1, -0.05) is 23.6 Å². The first kappa shape index (κ1) is 19.3. The molecule has 6 heteroatoms. The molecule has 134 valence electrons. The van der Waals surface area contributed by atoms with Crippen LogP contribution in [0.2, 0.25) is 5.02 Å². The summed E-state index contributed by atoms with van der Waals surface area (Å²) in [6.07, 6.45) is 0.896. The van der Waals surface area contributed by atoms with E-state index >= 15 is 0 Å². The van der Waals surface area contributed by atoms with Gasteiger partial charge in [-0.25, -0.2) is 4.79 Å². The van der Waals surface area contributed by atoms with Crippen LogP contribution in [0, 0.1) is 11.8 Å². The number of halogens is 1. The van der Waals surface area contributed by atoms with Crippen LogP contribution < -0.4 is 0 Å². The Bertz CT molecular complexity index is 696. The van der Waals surface area contributed by atoms with Gasteiger partial charge >= 0.3 is 11.9 Å². The molecule has 1 aliphatic heterocycles. The highest BCUT2D eigenvalue weighted by Crippen LogP contribution is 2.41. The average Bonchev–Trinajstić information content (AvgIpc) is 2.61. The van der Waals surface area contributed by atoms with Crippen molar-refractivity contribution < 1.29 is 23.8 Å². The third-order valence-electron chi connectivity index (χ3n) is 4.08. The number of hydrogen-bond donors (Lipinski definition) is 0. The summed E-state index contributed by atoms with van der Waals surface area (Å²) in [6.45, 7) is 4.85. The first-order chi connectivity index (χ1) is 12.0. The number of carbonyl (C=O) groups excluding carboxylic acids is 2. The molecule has 0 aromatic heterocycles. The molecule has 1 fully saturated rings. The van der Waals surface area contributed by atoms with Gasteiger partial charge in [0.05, 0.1) is 18.6 Å². The van der Waals surface area contributed by atoms with Gasteiger partial charge in [0, 0.05) is 35.3 Å². The third-order valence-corrected chi connectivity index (χ3v) is 4.39. The van der Waals surface area contributed by atoms with Crippen LogP contribution in [0.5, 0.6) is 0 Å². The molecule has 0 radical (unpaired) electrons. The third kappa shape index (κ3) is 4.33. The molecule has 1 aromatic carbocycles. The van der Waals surface area contributed by atoms with Crippen LogP contribution in [0.3, 0.4) is 0 Å². The second kappa shape index (κ2) is 8.89. The lowest BCUT2D eigenvalue weighted by molar-refractivity contribution is -0.154. The van der Waals surface area contributed by atoms with Gasteiger partial charge in [-0.2, -0.15) is 0 Å². The quantitative estimate of drug-likeness (QED) is 0.607. The highest BCUT2D eigenvalue weighted by Gasteiger charge is 2.45. The standard InChI is InChI=1S/C19H21ClO5/c1-3-24-16(21)9-8-14-6-5-7-15(20)17(14)19(18(22)25-4-2)10-12-23-13-11-19/h5-7H,3-4,10-13H2,1-2H3. The number of esters is 2. The van der Waals surface area contributed by atoms with Crippen LogP contribution in [0.15, 0.2) is 18.2 Å². The molecule has 0 N–H and O–H groups in total. The lowest BCUT2D eigenvalue weighted by Gasteiger charge is -2.36. The maximum Gasteiger partial charge on any atom is 0.384 e. The number of hydrogen-bond acceptors (Lipinski definition) is 5. The molecule has 0 amide bonds. The van der Waals surface area contributed by atoms with Crippen molar-refractivity contribution in [3.8, 4) is 11.8 Å². The molecule has 0 unspecified atom stereocenters. The van der Waals surface area contributed by atoms with E-state index in [0.29, 0.717) is 42.2 Å². The minimum atomic E-state index is -0.925. The minimum Gasteiger partial charge on any atom is -0.465 e. The Morgan fingerprint density at radius 3 is 2.52 bits per heavy atom. The first-order valence-electron chi connectivity index (χ1n) is 8.28. The molecule has 0 atom stereocenters. The van der Waals surface area contributed by atoms with E-state index in [2.05, 4.69) is 11.8 Å². The number of rotatable bonds is 4. The molecule has 1 aliphatic rings. The van der Waals surface area contributed by atoms with E-state index in [4.69, 9.17) is 25.8 Å². The molecule has 1 heterocycles. The maximum absolute atomic E-state index is 12.8. The number of ether oxygens (including phenoxy) is 3. The summed E-state index contributed by atoms with van der Waals surface area (Å²) in [4.78, 5) is 24.4. The van der Waals surface area contributed by atoms with Crippen molar-refractivity contribution >= 4 is 23.5 Å². The van der Waals surface area contributed by atoms with Crippen molar-refractivity contribution in [1.29, 1.82) is 0 Å². The van der Waals surface area contributed by atoms with Gasteiger partial charge in [0.1, 0.15) is 0 Å². The fourth-order valence-electron chi connectivity index (χ4n) is 2.95. The second-order valence-electron chi connectivity index (χ2n) is 5.55. The molecule has 0 spiro atoms. The lowest BCUT2D eigenvalue weighted by atomic mass is 9.72. The summed E-state index contributed by atoms with van der Waals surface area (Å²) in [5.41, 5.74) is 0.191. The molecule has 1 saturated heterocycles. The maximum atomic E-state index is 12.8. The Kier molecular flexibility index (Phi) is 6.86. The normalized spacial score (nSPS) is 15.6. The van der Waals surface area contributed by atoms with E-state index in [1.54, 1.807) is 32.0 Å². The Balaban J connectivity index is 2.53. The van der Waals surface area contributed by atoms with Gasteiger partial charge in [0.2, 0.25) is 0 Å². The highest BCUT2D eigenvalue weighted by molar-refractivity contribution is 6.32. The predicted molar refractivity (Wildman–Crippen MR) is 93.3 cm³/mol. The Morgan fingerprint density at radius 2 is 1.88 bits per heavy atom. The summed E-state index contributed by atoms with van der Waals surface area (Å²) in [5, 5.41) is 0.422. The van der Waals surface area contributed by atoms with Gasteiger partial charge in [0.15, 0.2) is 0 Å². The van der Waals surface area contributed by atoms with Crippen molar-refractivity contribution in [3.63, 3.8) is 0 Å².